The average Bonchev–Trinajstić information content (AvgIpc) is 3.38. The molecular formula is C22H27N3O2S2. The van der Waals surface area contributed by atoms with Crippen LogP contribution in [0.5, 0.6) is 0 Å². The van der Waals surface area contributed by atoms with E-state index in [4.69, 9.17) is 0 Å². The van der Waals surface area contributed by atoms with E-state index < -0.39 is 10.0 Å². The number of thiazole rings is 1. The molecule has 5 nitrogen and oxygen atoms in total. The van der Waals surface area contributed by atoms with Crippen LogP contribution in [0.25, 0.3) is 10.2 Å². The molecule has 1 aromatic heterocycles. The third kappa shape index (κ3) is 4.97. The highest BCUT2D eigenvalue weighted by atomic mass is 32.2. The third-order valence-corrected chi connectivity index (χ3v) is 7.83. The van der Waals surface area contributed by atoms with Crippen LogP contribution >= 0.6 is 11.3 Å². The van der Waals surface area contributed by atoms with E-state index in [0.29, 0.717) is 18.3 Å². The van der Waals surface area contributed by atoms with Crippen molar-refractivity contribution in [2.45, 2.75) is 56.5 Å². The first-order valence-electron chi connectivity index (χ1n) is 10.2. The predicted molar refractivity (Wildman–Crippen MR) is 120 cm³/mol. The molecular weight excluding hydrogens is 402 g/mol. The van der Waals surface area contributed by atoms with Crippen molar-refractivity contribution in [3.05, 3.63) is 53.5 Å². The van der Waals surface area contributed by atoms with Crippen molar-refractivity contribution in [2.24, 2.45) is 5.92 Å². The van der Waals surface area contributed by atoms with E-state index >= 15 is 0 Å². The normalized spacial score (nSPS) is 16.3. The summed E-state index contributed by atoms with van der Waals surface area (Å²) in [5.74, 6) is 0.827. The van der Waals surface area contributed by atoms with E-state index in [0.717, 1.165) is 21.7 Å². The molecule has 1 aliphatic rings. The molecule has 154 valence electrons. The molecule has 1 atom stereocenters. The van der Waals surface area contributed by atoms with Crippen LogP contribution in [-0.4, -0.2) is 19.4 Å². The molecule has 29 heavy (non-hydrogen) atoms. The molecule has 0 saturated heterocycles. The lowest BCUT2D eigenvalue weighted by atomic mass is 9.99. The lowest BCUT2D eigenvalue weighted by Gasteiger charge is -2.19. The number of para-hydroxylation sites is 1. The quantitative estimate of drug-likeness (QED) is 0.519. The van der Waals surface area contributed by atoms with Gasteiger partial charge in [0.05, 0.1) is 26.3 Å². The van der Waals surface area contributed by atoms with Crippen molar-refractivity contribution >= 4 is 37.3 Å². The second kappa shape index (κ2) is 8.81. The second-order valence-corrected chi connectivity index (χ2v) is 10.5. The minimum atomic E-state index is -3.66. The topological polar surface area (TPSA) is 71.1 Å². The minimum absolute atomic E-state index is 0.256. The summed E-state index contributed by atoms with van der Waals surface area (Å²) in [7, 11) is -3.66. The lowest BCUT2D eigenvalue weighted by molar-refractivity contribution is 0.404. The molecule has 1 saturated carbocycles. The molecule has 4 rings (SSSR count). The van der Waals surface area contributed by atoms with Crippen molar-refractivity contribution < 1.29 is 8.42 Å². The predicted octanol–water partition coefficient (Wildman–Crippen LogP) is 5.16. The number of nitrogens with one attached hydrogen (secondary N) is 2. The van der Waals surface area contributed by atoms with Gasteiger partial charge in [0.15, 0.2) is 0 Å². The van der Waals surface area contributed by atoms with Gasteiger partial charge in [-0.15, -0.1) is 11.3 Å². The maximum Gasteiger partial charge on any atom is 0.261 e. The third-order valence-electron chi connectivity index (χ3n) is 5.68. The molecule has 0 radical (unpaired) electrons. The smallest absolute Gasteiger partial charge is 0.261 e. The number of hydrogen-bond donors (Lipinski definition) is 2. The van der Waals surface area contributed by atoms with Crippen LogP contribution < -0.4 is 10.0 Å². The van der Waals surface area contributed by atoms with Crippen molar-refractivity contribution in [1.29, 1.82) is 0 Å². The highest BCUT2D eigenvalue weighted by molar-refractivity contribution is 7.92. The molecule has 0 spiro atoms. The highest BCUT2D eigenvalue weighted by Gasteiger charge is 2.19. The number of fused-ring (bicyclic) bond motifs is 1. The molecule has 0 aliphatic heterocycles. The van der Waals surface area contributed by atoms with Gasteiger partial charge in [0, 0.05) is 12.6 Å². The lowest BCUT2D eigenvalue weighted by Crippen LogP contribution is -2.28. The molecule has 0 bridgehead atoms. The van der Waals surface area contributed by atoms with Crippen LogP contribution in [-0.2, 0) is 16.6 Å². The first kappa shape index (κ1) is 20.3. The zero-order valence-corrected chi connectivity index (χ0v) is 18.2. The van der Waals surface area contributed by atoms with E-state index in [2.05, 4.69) is 21.9 Å². The summed E-state index contributed by atoms with van der Waals surface area (Å²) in [5.41, 5.74) is 4.11. The Morgan fingerprint density at radius 2 is 1.97 bits per heavy atom. The zero-order valence-electron chi connectivity index (χ0n) is 16.6. The van der Waals surface area contributed by atoms with E-state index in [9.17, 15) is 8.42 Å². The molecule has 1 heterocycles. The molecule has 1 aliphatic carbocycles. The number of nitrogens with zero attached hydrogens (tertiary/aromatic N) is 1. The van der Waals surface area contributed by atoms with E-state index in [-0.39, 0.29) is 4.90 Å². The van der Waals surface area contributed by atoms with Gasteiger partial charge in [-0.05, 0) is 49.1 Å². The van der Waals surface area contributed by atoms with Gasteiger partial charge in [-0.25, -0.2) is 13.4 Å². The average molecular weight is 430 g/mol. The molecule has 2 N–H and O–H groups in total. The van der Waals surface area contributed by atoms with Gasteiger partial charge in [-0.2, -0.15) is 0 Å². The summed E-state index contributed by atoms with van der Waals surface area (Å²) < 4.78 is 29.5. The van der Waals surface area contributed by atoms with Gasteiger partial charge in [0.25, 0.3) is 10.0 Å². The summed E-state index contributed by atoms with van der Waals surface area (Å²) in [5, 5.41) is 3.57. The molecule has 0 unspecified atom stereocenters. The fraction of sp³-hybridized carbons (Fsp3) is 0.409. The number of hydrogen-bond acceptors (Lipinski definition) is 5. The Kier molecular flexibility index (Phi) is 6.18. The first-order valence-corrected chi connectivity index (χ1v) is 12.5. The zero-order chi connectivity index (χ0) is 20.3. The molecule has 0 amide bonds. The van der Waals surface area contributed by atoms with Crippen LogP contribution in [0.3, 0.4) is 0 Å². The number of aromatic nitrogens is 1. The Morgan fingerprint density at radius 3 is 2.79 bits per heavy atom. The summed E-state index contributed by atoms with van der Waals surface area (Å²) in [6, 6.07) is 13.0. The SMILES string of the molecule is C[C@@H](CC1CCCC1)NCc1ccccc1NS(=O)(=O)c1ccc2ncsc2c1. The van der Waals surface area contributed by atoms with E-state index in [1.807, 2.05) is 24.3 Å². The molecule has 1 fully saturated rings. The van der Waals surface area contributed by atoms with Gasteiger partial charge in [-0.1, -0.05) is 43.9 Å². The Morgan fingerprint density at radius 1 is 1.17 bits per heavy atom. The summed E-state index contributed by atoms with van der Waals surface area (Å²) in [6.45, 7) is 2.86. The Bertz CT molecular complexity index is 1070. The first-order chi connectivity index (χ1) is 14.0. The summed E-state index contributed by atoms with van der Waals surface area (Å²) >= 11 is 1.44. The molecule has 3 aromatic rings. The minimum Gasteiger partial charge on any atom is -0.310 e. The maximum absolute atomic E-state index is 12.9. The van der Waals surface area contributed by atoms with Gasteiger partial charge in [0.2, 0.25) is 0 Å². The fourth-order valence-corrected chi connectivity index (χ4v) is 6.01. The number of sulfonamides is 1. The standard InChI is InChI=1S/C22H27N3O2S2/c1-16(12-17-6-2-3-7-17)23-14-18-8-4-5-9-20(18)25-29(26,27)19-10-11-21-22(13-19)28-15-24-21/h4-5,8-11,13,15-17,23,25H,2-3,6-7,12,14H2,1H3/t16-/m0/s1. The van der Waals surface area contributed by atoms with Gasteiger partial charge in [-0.3, -0.25) is 4.72 Å². The maximum atomic E-state index is 12.9. The second-order valence-electron chi connectivity index (χ2n) is 7.91. The fourth-order valence-electron chi connectivity index (χ4n) is 4.09. The van der Waals surface area contributed by atoms with E-state index in [1.165, 1.54) is 43.4 Å². The van der Waals surface area contributed by atoms with Crippen LogP contribution in [0.4, 0.5) is 5.69 Å². The molecule has 2 aromatic carbocycles. The number of benzene rings is 2. The number of anilines is 1. The van der Waals surface area contributed by atoms with Gasteiger partial charge < -0.3 is 5.32 Å². The van der Waals surface area contributed by atoms with Crippen molar-refractivity contribution in [3.63, 3.8) is 0 Å². The Balaban J connectivity index is 1.45. The monoisotopic (exact) mass is 429 g/mol. The van der Waals surface area contributed by atoms with Crippen molar-refractivity contribution in [1.82, 2.24) is 10.3 Å². The summed E-state index contributed by atoms with van der Waals surface area (Å²) in [4.78, 5) is 4.47. The van der Waals surface area contributed by atoms with Crippen LogP contribution in [0.2, 0.25) is 0 Å². The number of rotatable bonds is 8. The van der Waals surface area contributed by atoms with Gasteiger partial charge in [0.1, 0.15) is 0 Å². The van der Waals surface area contributed by atoms with Crippen LogP contribution in [0.15, 0.2) is 52.9 Å². The highest BCUT2D eigenvalue weighted by Crippen LogP contribution is 2.29. The van der Waals surface area contributed by atoms with Crippen LogP contribution in [0, 0.1) is 5.92 Å². The van der Waals surface area contributed by atoms with Crippen LogP contribution in [0.1, 0.15) is 44.6 Å². The van der Waals surface area contributed by atoms with Gasteiger partial charge >= 0.3 is 0 Å². The Hall–Kier alpha value is -1.96. The largest absolute Gasteiger partial charge is 0.310 e. The van der Waals surface area contributed by atoms with Crippen molar-refractivity contribution in [3.8, 4) is 0 Å². The van der Waals surface area contributed by atoms with E-state index in [1.54, 1.807) is 23.7 Å². The molecule has 7 heteroatoms. The van der Waals surface area contributed by atoms with Crippen molar-refractivity contribution in [2.75, 3.05) is 4.72 Å². The Labute approximate surface area is 176 Å². The summed E-state index contributed by atoms with van der Waals surface area (Å²) in [6.07, 6.45) is 6.58.